The maximum atomic E-state index is 11.7. The molecule has 3 aliphatic carbocycles. The van der Waals surface area contributed by atoms with E-state index in [0.717, 1.165) is 36.5 Å². The highest BCUT2D eigenvalue weighted by Gasteiger charge is 2.55. The second-order valence-electron chi connectivity index (χ2n) is 8.02. The van der Waals surface area contributed by atoms with Gasteiger partial charge in [-0.25, -0.2) is 0 Å². The highest BCUT2D eigenvalue weighted by Crippen LogP contribution is 2.62. The molecule has 21 heavy (non-hydrogen) atoms. The molecule has 0 aromatic carbocycles. The van der Waals surface area contributed by atoms with Gasteiger partial charge < -0.3 is 5.32 Å². The fourth-order valence-electron chi connectivity index (χ4n) is 6.35. The summed E-state index contributed by atoms with van der Waals surface area (Å²) in [6.45, 7) is 2.46. The van der Waals surface area contributed by atoms with Crippen molar-refractivity contribution in [2.24, 2.45) is 29.1 Å². The molecule has 0 aromatic heterocycles. The highest BCUT2D eigenvalue weighted by atomic mass is 35.5. The first-order valence-electron chi connectivity index (χ1n) is 8.72. The quantitative estimate of drug-likeness (QED) is 0.712. The predicted octanol–water partition coefficient (Wildman–Crippen LogP) is 4.24. The standard InChI is InChI=1S/C18H26ClNO/c1-18-9-8-12-13(15(18)5-2-11(18)10-19)3-6-16-14(12)4-7-17(21)20-16/h10,12-16H,2-9H2,1H3,(H,20,21)/b11-10+/t12-,13+,14+,15-,16+,18+/m0/s1. The molecular weight excluding hydrogens is 282 g/mol. The van der Waals surface area contributed by atoms with Gasteiger partial charge in [0.1, 0.15) is 0 Å². The van der Waals surface area contributed by atoms with E-state index >= 15 is 0 Å². The van der Waals surface area contributed by atoms with Crippen molar-refractivity contribution in [3.8, 4) is 0 Å². The van der Waals surface area contributed by atoms with Gasteiger partial charge in [-0.3, -0.25) is 4.79 Å². The Hall–Kier alpha value is -0.500. The van der Waals surface area contributed by atoms with Gasteiger partial charge in [0.05, 0.1) is 0 Å². The molecule has 1 amide bonds. The lowest BCUT2D eigenvalue weighted by atomic mass is 9.52. The maximum absolute atomic E-state index is 11.7. The maximum Gasteiger partial charge on any atom is 0.220 e. The van der Waals surface area contributed by atoms with Crippen LogP contribution >= 0.6 is 11.6 Å². The Labute approximate surface area is 132 Å². The summed E-state index contributed by atoms with van der Waals surface area (Å²) in [7, 11) is 0. The van der Waals surface area contributed by atoms with Gasteiger partial charge in [-0.2, -0.15) is 0 Å². The van der Waals surface area contributed by atoms with Crippen LogP contribution in [0.1, 0.15) is 58.3 Å². The first kappa shape index (κ1) is 14.1. The number of rotatable bonds is 0. The van der Waals surface area contributed by atoms with Crippen molar-refractivity contribution in [3.05, 3.63) is 11.1 Å². The smallest absolute Gasteiger partial charge is 0.220 e. The SMILES string of the molecule is C[C@]12CC[C@@H]3[C@H]4CCC(=O)N[C@@H]4CC[C@H]3[C@@H]1CC/C2=C\Cl. The molecular formula is C18H26ClNO. The second-order valence-corrected chi connectivity index (χ2v) is 8.24. The molecule has 3 heteroatoms. The number of piperidine rings is 1. The normalized spacial score (nSPS) is 51.0. The fourth-order valence-corrected chi connectivity index (χ4v) is 6.70. The zero-order chi connectivity index (χ0) is 14.6. The van der Waals surface area contributed by atoms with E-state index in [1.54, 1.807) is 0 Å². The Morgan fingerprint density at radius 2 is 1.95 bits per heavy atom. The first-order chi connectivity index (χ1) is 10.1. The Balaban J connectivity index is 1.59. The van der Waals surface area contributed by atoms with Crippen LogP contribution in [0.2, 0.25) is 0 Å². The summed E-state index contributed by atoms with van der Waals surface area (Å²) in [4.78, 5) is 11.7. The fraction of sp³-hybridized carbons (Fsp3) is 0.833. The molecule has 1 aliphatic heterocycles. The first-order valence-corrected chi connectivity index (χ1v) is 9.16. The van der Waals surface area contributed by atoms with Crippen molar-refractivity contribution in [3.63, 3.8) is 0 Å². The van der Waals surface area contributed by atoms with Crippen molar-refractivity contribution in [2.75, 3.05) is 0 Å². The van der Waals surface area contributed by atoms with Crippen molar-refractivity contribution in [1.82, 2.24) is 5.32 Å². The molecule has 4 aliphatic rings. The van der Waals surface area contributed by atoms with Crippen LogP contribution in [0.3, 0.4) is 0 Å². The van der Waals surface area contributed by atoms with Crippen LogP contribution in [0.15, 0.2) is 11.1 Å². The molecule has 6 atom stereocenters. The highest BCUT2D eigenvalue weighted by molar-refractivity contribution is 6.25. The van der Waals surface area contributed by atoms with E-state index in [2.05, 4.69) is 12.2 Å². The number of carbonyl (C=O) groups excluding carboxylic acids is 1. The van der Waals surface area contributed by atoms with Crippen LogP contribution < -0.4 is 5.32 Å². The monoisotopic (exact) mass is 307 g/mol. The summed E-state index contributed by atoms with van der Waals surface area (Å²) in [5, 5.41) is 3.27. The van der Waals surface area contributed by atoms with Crippen LogP contribution in [0.5, 0.6) is 0 Å². The molecule has 2 nitrogen and oxygen atoms in total. The zero-order valence-electron chi connectivity index (χ0n) is 12.9. The molecule has 1 heterocycles. The predicted molar refractivity (Wildman–Crippen MR) is 84.9 cm³/mol. The molecule has 0 radical (unpaired) electrons. The van der Waals surface area contributed by atoms with Crippen LogP contribution in [-0.2, 0) is 4.79 Å². The molecule has 1 N–H and O–H groups in total. The third-order valence-corrected chi connectivity index (χ3v) is 7.66. The Morgan fingerprint density at radius 3 is 2.76 bits per heavy atom. The number of amides is 1. The van der Waals surface area contributed by atoms with Gasteiger partial charge in [0.25, 0.3) is 0 Å². The lowest BCUT2D eigenvalue weighted by Crippen LogP contribution is -2.55. The van der Waals surface area contributed by atoms with Crippen LogP contribution in [0, 0.1) is 29.1 Å². The van der Waals surface area contributed by atoms with E-state index in [1.807, 2.05) is 5.54 Å². The molecule has 0 bridgehead atoms. The van der Waals surface area contributed by atoms with Crippen LogP contribution in [0.25, 0.3) is 0 Å². The molecule has 1 saturated heterocycles. The molecule has 116 valence electrons. The van der Waals surface area contributed by atoms with Gasteiger partial charge >= 0.3 is 0 Å². The minimum Gasteiger partial charge on any atom is -0.353 e. The largest absolute Gasteiger partial charge is 0.353 e. The number of nitrogens with one attached hydrogen (secondary N) is 1. The summed E-state index contributed by atoms with van der Waals surface area (Å²) < 4.78 is 0. The number of allylic oxidation sites excluding steroid dienone is 1. The molecule has 0 aromatic rings. The molecule has 3 saturated carbocycles. The Bertz CT molecular complexity index is 488. The topological polar surface area (TPSA) is 29.1 Å². The van der Waals surface area contributed by atoms with Crippen LogP contribution in [-0.4, -0.2) is 11.9 Å². The average molecular weight is 308 g/mol. The van der Waals surface area contributed by atoms with Gasteiger partial charge in [-0.1, -0.05) is 24.1 Å². The lowest BCUT2D eigenvalue weighted by molar-refractivity contribution is -0.127. The third kappa shape index (κ3) is 2.01. The number of halogens is 1. The second kappa shape index (κ2) is 5.01. The van der Waals surface area contributed by atoms with E-state index in [0.29, 0.717) is 11.5 Å². The molecule has 4 fully saturated rings. The number of carbonyl (C=O) groups is 1. The van der Waals surface area contributed by atoms with Crippen molar-refractivity contribution in [2.45, 2.75) is 64.3 Å². The van der Waals surface area contributed by atoms with E-state index in [4.69, 9.17) is 11.6 Å². The number of hydrogen-bond acceptors (Lipinski definition) is 1. The Morgan fingerprint density at radius 1 is 1.10 bits per heavy atom. The van der Waals surface area contributed by atoms with Gasteiger partial charge in [-0.05, 0) is 74.0 Å². The molecule has 0 spiro atoms. The van der Waals surface area contributed by atoms with Crippen molar-refractivity contribution in [1.29, 1.82) is 0 Å². The van der Waals surface area contributed by atoms with E-state index in [9.17, 15) is 4.79 Å². The van der Waals surface area contributed by atoms with Gasteiger partial charge in [0.15, 0.2) is 0 Å². The van der Waals surface area contributed by atoms with Gasteiger partial charge in [0, 0.05) is 18.0 Å². The Kier molecular flexibility index (Phi) is 3.37. The van der Waals surface area contributed by atoms with E-state index < -0.39 is 0 Å². The number of hydrogen-bond donors (Lipinski definition) is 1. The zero-order valence-corrected chi connectivity index (χ0v) is 13.7. The van der Waals surface area contributed by atoms with E-state index in [1.165, 1.54) is 44.1 Å². The van der Waals surface area contributed by atoms with Gasteiger partial charge in [0.2, 0.25) is 5.91 Å². The van der Waals surface area contributed by atoms with Crippen molar-refractivity contribution >= 4 is 17.5 Å². The van der Waals surface area contributed by atoms with Crippen LogP contribution in [0.4, 0.5) is 0 Å². The lowest BCUT2D eigenvalue weighted by Gasteiger charge is -2.54. The minimum atomic E-state index is 0.281. The summed E-state index contributed by atoms with van der Waals surface area (Å²) in [6.07, 6.45) is 9.56. The van der Waals surface area contributed by atoms with E-state index in [-0.39, 0.29) is 5.91 Å². The summed E-state index contributed by atoms with van der Waals surface area (Å²) in [5.41, 5.74) is 3.76. The minimum absolute atomic E-state index is 0.281. The van der Waals surface area contributed by atoms with Crippen molar-refractivity contribution < 1.29 is 4.79 Å². The summed E-state index contributed by atoms with van der Waals surface area (Å²) in [6, 6.07) is 0.473. The summed E-state index contributed by atoms with van der Waals surface area (Å²) in [5.74, 6) is 3.57. The number of fused-ring (bicyclic) bond motifs is 5. The summed E-state index contributed by atoms with van der Waals surface area (Å²) >= 11 is 6.11. The molecule has 4 rings (SSSR count). The average Bonchev–Trinajstić information content (AvgIpc) is 2.83. The third-order valence-electron chi connectivity index (χ3n) is 7.40. The molecule has 0 unspecified atom stereocenters. The van der Waals surface area contributed by atoms with Gasteiger partial charge in [-0.15, -0.1) is 0 Å².